The number of carbonyl (C=O) groups is 1. The normalized spacial score (nSPS) is 12.1. The number of anilines is 1. The summed E-state index contributed by atoms with van der Waals surface area (Å²) in [5.74, 6) is -0.138. The van der Waals surface area contributed by atoms with Crippen LogP contribution < -0.4 is 10.9 Å². The summed E-state index contributed by atoms with van der Waals surface area (Å²) in [7, 11) is 1.71. The van der Waals surface area contributed by atoms with E-state index in [2.05, 4.69) is 10.3 Å². The average molecular weight is 450 g/mol. The maximum atomic E-state index is 13.0. The number of benzene rings is 2. The van der Waals surface area contributed by atoms with Gasteiger partial charge in [-0.1, -0.05) is 60.3 Å². The minimum atomic E-state index is -0.429. The van der Waals surface area contributed by atoms with Crippen LogP contribution in [0.3, 0.4) is 0 Å². The van der Waals surface area contributed by atoms with Crippen LogP contribution in [0, 0.1) is 13.8 Å². The molecular weight excluding hydrogens is 426 g/mol. The fraction of sp³-hybridized carbons (Fsp3) is 0.208. The van der Waals surface area contributed by atoms with Crippen molar-refractivity contribution in [3.63, 3.8) is 0 Å². The molecule has 4 aromatic rings. The summed E-state index contributed by atoms with van der Waals surface area (Å²) < 4.78 is 1.54. The highest BCUT2D eigenvalue weighted by Gasteiger charge is 2.21. The Balaban J connectivity index is 1.58. The molecule has 0 radical (unpaired) electrons. The second kappa shape index (κ2) is 8.69. The molecule has 31 heavy (non-hydrogen) atoms. The molecule has 158 valence electrons. The molecule has 1 N–H and O–H groups in total. The lowest BCUT2D eigenvalue weighted by Crippen LogP contribution is -2.25. The van der Waals surface area contributed by atoms with Crippen molar-refractivity contribution >= 4 is 44.9 Å². The van der Waals surface area contributed by atoms with Crippen molar-refractivity contribution in [2.24, 2.45) is 7.05 Å². The Kier molecular flexibility index (Phi) is 5.98. The summed E-state index contributed by atoms with van der Waals surface area (Å²) in [5.41, 5.74) is 3.67. The number of thioether (sulfide) groups is 1. The highest BCUT2D eigenvalue weighted by Crippen LogP contribution is 2.31. The first-order chi connectivity index (χ1) is 14.9. The molecule has 4 rings (SSSR count). The molecule has 0 fully saturated rings. The molecule has 2 aromatic heterocycles. The van der Waals surface area contributed by atoms with Gasteiger partial charge in [-0.25, -0.2) is 4.98 Å². The number of aromatic nitrogens is 2. The van der Waals surface area contributed by atoms with Gasteiger partial charge in [0.15, 0.2) is 5.16 Å². The molecule has 0 aliphatic rings. The number of nitrogens with one attached hydrogen (secondary N) is 1. The number of hydrogen-bond donors (Lipinski definition) is 1. The van der Waals surface area contributed by atoms with Crippen LogP contribution in [0.15, 0.2) is 64.5 Å². The highest BCUT2D eigenvalue weighted by atomic mass is 32.2. The Hall–Kier alpha value is -2.90. The topological polar surface area (TPSA) is 64.0 Å². The average Bonchev–Trinajstić information content (AvgIpc) is 3.06. The molecule has 1 atom stereocenters. The van der Waals surface area contributed by atoms with Gasteiger partial charge in [-0.3, -0.25) is 14.2 Å². The van der Waals surface area contributed by atoms with Crippen LogP contribution in [0.4, 0.5) is 5.69 Å². The maximum absolute atomic E-state index is 13.0. The second-order valence-electron chi connectivity index (χ2n) is 7.38. The monoisotopic (exact) mass is 449 g/mol. The standard InChI is InChI=1S/C24H23N3O2S2/c1-14-15(2)30-22-20(14)23(29)27(4)24(26-22)31-16(3)21(28)25-19-13-9-8-12-18(19)17-10-6-5-7-11-17/h5-13,16H,1-4H3,(H,25,28). The molecule has 0 saturated heterocycles. The van der Waals surface area contributed by atoms with Crippen molar-refractivity contribution in [2.75, 3.05) is 5.32 Å². The van der Waals surface area contributed by atoms with E-state index in [0.717, 1.165) is 32.1 Å². The third kappa shape index (κ3) is 4.16. The van der Waals surface area contributed by atoms with Crippen molar-refractivity contribution < 1.29 is 4.79 Å². The van der Waals surface area contributed by atoms with Crippen molar-refractivity contribution in [1.82, 2.24) is 9.55 Å². The van der Waals surface area contributed by atoms with E-state index in [-0.39, 0.29) is 11.5 Å². The Bertz CT molecular complexity index is 1330. The maximum Gasteiger partial charge on any atom is 0.262 e. The van der Waals surface area contributed by atoms with E-state index >= 15 is 0 Å². The lowest BCUT2D eigenvalue weighted by atomic mass is 10.0. The Morgan fingerprint density at radius 2 is 1.77 bits per heavy atom. The van der Waals surface area contributed by atoms with Crippen LogP contribution >= 0.6 is 23.1 Å². The van der Waals surface area contributed by atoms with E-state index in [1.165, 1.54) is 27.7 Å². The zero-order valence-corrected chi connectivity index (χ0v) is 19.4. The largest absolute Gasteiger partial charge is 0.325 e. The molecular formula is C24H23N3O2S2. The molecule has 0 aliphatic carbocycles. The van der Waals surface area contributed by atoms with Gasteiger partial charge in [0.25, 0.3) is 5.56 Å². The predicted octanol–water partition coefficient (Wildman–Crippen LogP) is 5.40. The highest BCUT2D eigenvalue weighted by molar-refractivity contribution is 8.00. The lowest BCUT2D eigenvalue weighted by Gasteiger charge is -2.16. The number of thiophene rings is 1. The molecule has 1 unspecified atom stereocenters. The SMILES string of the molecule is Cc1sc2nc(SC(C)C(=O)Nc3ccccc3-c3ccccc3)n(C)c(=O)c2c1C. The van der Waals surface area contributed by atoms with Crippen molar-refractivity contribution in [3.05, 3.63) is 75.4 Å². The van der Waals surface area contributed by atoms with E-state index < -0.39 is 5.25 Å². The van der Waals surface area contributed by atoms with Gasteiger partial charge in [-0.05, 0) is 38.0 Å². The molecule has 1 amide bonds. The molecule has 0 saturated carbocycles. The third-order valence-corrected chi connectivity index (χ3v) is 7.54. The Morgan fingerprint density at radius 1 is 1.10 bits per heavy atom. The van der Waals surface area contributed by atoms with Gasteiger partial charge < -0.3 is 5.32 Å². The van der Waals surface area contributed by atoms with Crippen LogP contribution in [0.2, 0.25) is 0 Å². The van der Waals surface area contributed by atoms with Crippen LogP contribution in [0.25, 0.3) is 21.3 Å². The van der Waals surface area contributed by atoms with Crippen LogP contribution in [0.5, 0.6) is 0 Å². The predicted molar refractivity (Wildman–Crippen MR) is 130 cm³/mol. The fourth-order valence-corrected chi connectivity index (χ4v) is 5.31. The summed E-state index contributed by atoms with van der Waals surface area (Å²) in [6, 6.07) is 17.7. The number of rotatable bonds is 5. The summed E-state index contributed by atoms with van der Waals surface area (Å²) in [6.45, 7) is 5.77. The van der Waals surface area contributed by atoms with Crippen molar-refractivity contribution in [1.29, 1.82) is 0 Å². The summed E-state index contributed by atoms with van der Waals surface area (Å²) in [6.07, 6.45) is 0. The lowest BCUT2D eigenvalue weighted by molar-refractivity contribution is -0.115. The van der Waals surface area contributed by atoms with Crippen LogP contribution in [-0.4, -0.2) is 20.7 Å². The first-order valence-electron chi connectivity index (χ1n) is 9.95. The molecule has 0 aliphatic heterocycles. The molecule has 0 spiro atoms. The van der Waals surface area contributed by atoms with Gasteiger partial charge in [-0.2, -0.15) is 0 Å². The first-order valence-corrected chi connectivity index (χ1v) is 11.6. The second-order valence-corrected chi connectivity index (χ2v) is 9.89. The number of hydrogen-bond acceptors (Lipinski definition) is 5. The number of carbonyl (C=O) groups excluding carboxylic acids is 1. The molecule has 2 aromatic carbocycles. The number of para-hydroxylation sites is 1. The summed E-state index contributed by atoms with van der Waals surface area (Å²) in [5, 5.41) is 3.82. The van der Waals surface area contributed by atoms with Crippen molar-refractivity contribution in [2.45, 2.75) is 31.2 Å². The Labute approximate surface area is 189 Å². The summed E-state index contributed by atoms with van der Waals surface area (Å²) >= 11 is 2.80. The van der Waals surface area contributed by atoms with E-state index in [4.69, 9.17) is 0 Å². The van der Waals surface area contributed by atoms with E-state index in [1.54, 1.807) is 7.05 Å². The van der Waals surface area contributed by atoms with E-state index in [0.29, 0.717) is 10.5 Å². The first kappa shape index (κ1) is 21.3. The number of aryl methyl sites for hydroxylation is 2. The van der Waals surface area contributed by atoms with Gasteiger partial charge in [0.1, 0.15) is 4.83 Å². The summed E-state index contributed by atoms with van der Waals surface area (Å²) in [4.78, 5) is 32.3. The zero-order valence-electron chi connectivity index (χ0n) is 17.8. The number of nitrogens with zero attached hydrogens (tertiary/aromatic N) is 2. The van der Waals surface area contributed by atoms with Gasteiger partial charge in [-0.15, -0.1) is 11.3 Å². The van der Waals surface area contributed by atoms with Gasteiger partial charge >= 0.3 is 0 Å². The molecule has 2 heterocycles. The molecule has 7 heteroatoms. The van der Waals surface area contributed by atoms with E-state index in [1.807, 2.05) is 75.4 Å². The van der Waals surface area contributed by atoms with E-state index in [9.17, 15) is 9.59 Å². The fourth-order valence-electron chi connectivity index (χ4n) is 3.37. The Morgan fingerprint density at radius 3 is 2.52 bits per heavy atom. The van der Waals surface area contributed by atoms with Gasteiger partial charge in [0.2, 0.25) is 5.91 Å². The minimum Gasteiger partial charge on any atom is -0.325 e. The van der Waals surface area contributed by atoms with Crippen molar-refractivity contribution in [3.8, 4) is 11.1 Å². The zero-order chi connectivity index (χ0) is 22.1. The van der Waals surface area contributed by atoms with Gasteiger partial charge in [0.05, 0.1) is 10.6 Å². The number of amides is 1. The van der Waals surface area contributed by atoms with Crippen LogP contribution in [-0.2, 0) is 11.8 Å². The quantitative estimate of drug-likeness (QED) is 0.327. The van der Waals surface area contributed by atoms with Gasteiger partial charge in [0, 0.05) is 23.2 Å². The number of fused-ring (bicyclic) bond motifs is 1. The third-order valence-electron chi connectivity index (χ3n) is 5.29. The smallest absolute Gasteiger partial charge is 0.262 e. The minimum absolute atomic E-state index is 0.0728. The molecule has 5 nitrogen and oxygen atoms in total. The molecule has 0 bridgehead atoms. The van der Waals surface area contributed by atoms with Crippen LogP contribution in [0.1, 0.15) is 17.4 Å².